The van der Waals surface area contributed by atoms with E-state index in [-0.39, 0.29) is 5.91 Å². The van der Waals surface area contributed by atoms with Crippen LogP contribution >= 0.6 is 45.7 Å². The van der Waals surface area contributed by atoms with Crippen molar-refractivity contribution in [3.8, 4) is 0 Å². The Balaban J connectivity index is 1.82. The van der Waals surface area contributed by atoms with E-state index in [2.05, 4.69) is 50.0 Å². The van der Waals surface area contributed by atoms with E-state index in [0.29, 0.717) is 12.3 Å². The summed E-state index contributed by atoms with van der Waals surface area (Å²) in [6.45, 7) is 4.27. The average Bonchev–Trinajstić information content (AvgIpc) is 2.93. The summed E-state index contributed by atoms with van der Waals surface area (Å²) in [5.74, 6) is 0.251. The molecule has 5 nitrogen and oxygen atoms in total. The van der Waals surface area contributed by atoms with Gasteiger partial charge in [-0.1, -0.05) is 41.3 Å². The molecule has 0 unspecified atom stereocenters. The molecule has 0 spiro atoms. The maximum atomic E-state index is 11.9. The molecular weight excluding hydrogens is 419 g/mol. The van der Waals surface area contributed by atoms with Crippen LogP contribution in [-0.4, -0.2) is 28.4 Å². The molecule has 0 aliphatic rings. The highest BCUT2D eigenvalue weighted by atomic mass is 127. The number of anilines is 2. The lowest BCUT2D eigenvalue weighted by Gasteiger charge is -2.05. The highest BCUT2D eigenvalue weighted by Gasteiger charge is 2.09. The molecule has 1 aromatic heterocycles. The third kappa shape index (κ3) is 5.29. The number of halogens is 1. The van der Waals surface area contributed by atoms with Gasteiger partial charge in [-0.15, -0.1) is 16.8 Å². The predicted molar refractivity (Wildman–Crippen MR) is 97.1 cm³/mol. The molecule has 0 radical (unpaired) electrons. The summed E-state index contributed by atoms with van der Waals surface area (Å²) in [7, 11) is 0. The highest BCUT2D eigenvalue weighted by molar-refractivity contribution is 14.1. The molecule has 0 aliphatic heterocycles. The fraction of sp³-hybridized carbons (Fsp3) is 0.154. The number of para-hydroxylation sites is 1. The fourth-order valence-corrected chi connectivity index (χ4v) is 3.46. The SMILES string of the molecule is C=CCNc1nnc(SCC(=O)Nc2ccccc2I)s1. The van der Waals surface area contributed by atoms with Gasteiger partial charge in [0, 0.05) is 10.1 Å². The van der Waals surface area contributed by atoms with Crippen LogP contribution in [-0.2, 0) is 4.79 Å². The first-order chi connectivity index (χ1) is 10.2. The normalized spacial score (nSPS) is 10.1. The molecule has 0 aliphatic carbocycles. The summed E-state index contributed by atoms with van der Waals surface area (Å²) in [6.07, 6.45) is 1.75. The Labute approximate surface area is 144 Å². The van der Waals surface area contributed by atoms with Gasteiger partial charge in [0.15, 0.2) is 4.34 Å². The van der Waals surface area contributed by atoms with Crippen molar-refractivity contribution in [2.75, 3.05) is 22.9 Å². The van der Waals surface area contributed by atoms with Crippen LogP contribution in [0.4, 0.5) is 10.8 Å². The van der Waals surface area contributed by atoms with Gasteiger partial charge in [0.05, 0.1) is 11.4 Å². The van der Waals surface area contributed by atoms with Crippen molar-refractivity contribution in [1.82, 2.24) is 10.2 Å². The maximum Gasteiger partial charge on any atom is 0.234 e. The number of carbonyl (C=O) groups excluding carboxylic acids is 1. The Morgan fingerprint density at radius 2 is 2.24 bits per heavy atom. The molecule has 2 aromatic rings. The fourth-order valence-electron chi connectivity index (χ4n) is 1.38. The molecule has 110 valence electrons. The van der Waals surface area contributed by atoms with Gasteiger partial charge in [0.2, 0.25) is 11.0 Å². The number of hydrogen-bond donors (Lipinski definition) is 2. The molecule has 2 N–H and O–H groups in total. The van der Waals surface area contributed by atoms with Crippen LogP contribution in [0.5, 0.6) is 0 Å². The number of carbonyl (C=O) groups is 1. The lowest BCUT2D eigenvalue weighted by atomic mass is 10.3. The van der Waals surface area contributed by atoms with Crippen molar-refractivity contribution < 1.29 is 4.79 Å². The lowest BCUT2D eigenvalue weighted by molar-refractivity contribution is -0.113. The summed E-state index contributed by atoms with van der Waals surface area (Å²) in [6, 6.07) is 7.66. The van der Waals surface area contributed by atoms with Crippen molar-refractivity contribution in [2.24, 2.45) is 0 Å². The number of amides is 1. The first-order valence-corrected chi connectivity index (χ1v) is 8.92. The van der Waals surface area contributed by atoms with E-state index in [0.717, 1.165) is 18.7 Å². The summed E-state index contributed by atoms with van der Waals surface area (Å²) >= 11 is 4.99. The van der Waals surface area contributed by atoms with Gasteiger partial charge in [0.25, 0.3) is 0 Å². The van der Waals surface area contributed by atoms with Crippen molar-refractivity contribution in [3.05, 3.63) is 40.5 Å². The predicted octanol–water partition coefficient (Wildman–Crippen LogP) is 3.47. The topological polar surface area (TPSA) is 66.9 Å². The molecule has 2 rings (SSSR count). The molecule has 1 amide bonds. The Kier molecular flexibility index (Phi) is 6.46. The van der Waals surface area contributed by atoms with Gasteiger partial charge in [0.1, 0.15) is 0 Å². The van der Waals surface area contributed by atoms with Crippen LogP contribution in [0.25, 0.3) is 0 Å². The summed E-state index contributed by atoms with van der Waals surface area (Å²) in [5, 5.41) is 14.7. The van der Waals surface area contributed by atoms with Gasteiger partial charge < -0.3 is 10.6 Å². The van der Waals surface area contributed by atoms with E-state index in [1.165, 1.54) is 23.1 Å². The number of thioether (sulfide) groups is 1. The molecule has 0 atom stereocenters. The van der Waals surface area contributed by atoms with Crippen molar-refractivity contribution in [3.63, 3.8) is 0 Å². The zero-order valence-electron chi connectivity index (χ0n) is 11.0. The first kappa shape index (κ1) is 16.2. The Bertz CT molecular complexity index is 632. The standard InChI is InChI=1S/C13H13IN4OS2/c1-2-7-15-12-17-18-13(21-12)20-8-11(19)16-10-6-4-3-5-9(10)14/h2-6H,1,7-8H2,(H,15,17)(H,16,19). The second kappa shape index (κ2) is 8.35. The molecule has 0 saturated carbocycles. The Hall–Kier alpha value is -1.13. The van der Waals surface area contributed by atoms with Crippen molar-refractivity contribution in [1.29, 1.82) is 0 Å². The van der Waals surface area contributed by atoms with E-state index in [1.807, 2.05) is 24.3 Å². The first-order valence-electron chi connectivity index (χ1n) is 6.04. The highest BCUT2D eigenvalue weighted by Crippen LogP contribution is 2.25. The number of aromatic nitrogens is 2. The second-order valence-electron chi connectivity index (χ2n) is 3.86. The third-order valence-corrected chi connectivity index (χ3v) is 5.23. The van der Waals surface area contributed by atoms with Gasteiger partial charge in [-0.2, -0.15) is 0 Å². The van der Waals surface area contributed by atoms with Crippen LogP contribution in [0.1, 0.15) is 0 Å². The number of rotatable bonds is 7. The molecule has 1 aromatic carbocycles. The molecule has 8 heteroatoms. The number of benzene rings is 1. The summed E-state index contributed by atoms with van der Waals surface area (Å²) in [4.78, 5) is 11.9. The molecule has 1 heterocycles. The quantitative estimate of drug-likeness (QED) is 0.399. The minimum atomic E-state index is -0.0556. The van der Waals surface area contributed by atoms with Crippen LogP contribution < -0.4 is 10.6 Å². The minimum absolute atomic E-state index is 0.0556. The van der Waals surface area contributed by atoms with Gasteiger partial charge in [-0.05, 0) is 34.7 Å². The summed E-state index contributed by atoms with van der Waals surface area (Å²) < 4.78 is 1.78. The number of nitrogens with one attached hydrogen (secondary N) is 2. The third-order valence-electron chi connectivity index (χ3n) is 2.28. The van der Waals surface area contributed by atoms with E-state index >= 15 is 0 Å². The second-order valence-corrected chi connectivity index (χ2v) is 7.22. The van der Waals surface area contributed by atoms with E-state index in [1.54, 1.807) is 6.08 Å². The zero-order chi connectivity index (χ0) is 15.1. The molecule has 0 bridgehead atoms. The van der Waals surface area contributed by atoms with E-state index in [4.69, 9.17) is 0 Å². The van der Waals surface area contributed by atoms with Gasteiger partial charge >= 0.3 is 0 Å². The smallest absolute Gasteiger partial charge is 0.234 e. The van der Waals surface area contributed by atoms with E-state index < -0.39 is 0 Å². The molecule has 21 heavy (non-hydrogen) atoms. The zero-order valence-corrected chi connectivity index (χ0v) is 14.8. The molecule has 0 saturated heterocycles. The van der Waals surface area contributed by atoms with Crippen molar-refractivity contribution >= 4 is 62.4 Å². The van der Waals surface area contributed by atoms with Crippen molar-refractivity contribution in [2.45, 2.75) is 4.34 Å². The average molecular weight is 432 g/mol. The number of hydrogen-bond acceptors (Lipinski definition) is 6. The largest absolute Gasteiger partial charge is 0.357 e. The van der Waals surface area contributed by atoms with Crippen LogP contribution in [0.2, 0.25) is 0 Å². The molecular formula is C13H13IN4OS2. The van der Waals surface area contributed by atoms with Crippen LogP contribution in [0.15, 0.2) is 41.3 Å². The molecule has 0 fully saturated rings. The minimum Gasteiger partial charge on any atom is -0.357 e. The Morgan fingerprint density at radius 3 is 3.00 bits per heavy atom. The van der Waals surface area contributed by atoms with Crippen LogP contribution in [0.3, 0.4) is 0 Å². The maximum absolute atomic E-state index is 11.9. The lowest BCUT2D eigenvalue weighted by Crippen LogP contribution is -2.14. The number of nitrogens with zero attached hydrogens (tertiary/aromatic N) is 2. The van der Waals surface area contributed by atoms with Crippen LogP contribution in [0, 0.1) is 3.57 Å². The monoisotopic (exact) mass is 432 g/mol. The Morgan fingerprint density at radius 1 is 1.43 bits per heavy atom. The van der Waals surface area contributed by atoms with Gasteiger partial charge in [-0.25, -0.2) is 0 Å². The van der Waals surface area contributed by atoms with Gasteiger partial charge in [-0.3, -0.25) is 4.79 Å². The van der Waals surface area contributed by atoms with E-state index in [9.17, 15) is 4.79 Å². The summed E-state index contributed by atoms with van der Waals surface area (Å²) in [5.41, 5.74) is 0.828.